The second kappa shape index (κ2) is 8.27. The van der Waals surface area contributed by atoms with Crippen molar-refractivity contribution < 1.29 is 13.9 Å². The van der Waals surface area contributed by atoms with Gasteiger partial charge in [0.15, 0.2) is 0 Å². The molecule has 23 heavy (non-hydrogen) atoms. The van der Waals surface area contributed by atoms with Crippen molar-refractivity contribution in [3.05, 3.63) is 54.0 Å². The molecule has 124 valence electrons. The number of methoxy groups -OCH3 is 1. The van der Waals surface area contributed by atoms with Gasteiger partial charge < -0.3 is 19.4 Å². The predicted octanol–water partition coefficient (Wildman–Crippen LogP) is 3.45. The fourth-order valence-electron chi connectivity index (χ4n) is 2.44. The predicted molar refractivity (Wildman–Crippen MR) is 89.5 cm³/mol. The molecule has 0 unspecified atom stereocenters. The van der Waals surface area contributed by atoms with Gasteiger partial charge in [-0.3, -0.25) is 0 Å². The zero-order chi connectivity index (χ0) is 16.7. The van der Waals surface area contributed by atoms with Gasteiger partial charge in [-0.15, -0.1) is 0 Å². The number of nitrogens with zero attached hydrogens (tertiary/aromatic N) is 1. The van der Waals surface area contributed by atoms with E-state index >= 15 is 0 Å². The van der Waals surface area contributed by atoms with Gasteiger partial charge >= 0.3 is 6.03 Å². The van der Waals surface area contributed by atoms with Gasteiger partial charge in [0.2, 0.25) is 0 Å². The molecule has 0 aliphatic rings. The SMILES string of the molecule is CCN(Cc1ccoc1)C(=O)N[C@H](C)Cc1cccc(OC)c1. The van der Waals surface area contributed by atoms with Crippen molar-refractivity contribution in [2.45, 2.75) is 32.9 Å². The van der Waals surface area contributed by atoms with E-state index in [4.69, 9.17) is 9.15 Å². The molecule has 0 aliphatic carbocycles. The monoisotopic (exact) mass is 316 g/mol. The Bertz CT molecular complexity index is 610. The van der Waals surface area contributed by atoms with Crippen LogP contribution >= 0.6 is 0 Å². The van der Waals surface area contributed by atoms with E-state index in [2.05, 4.69) is 5.32 Å². The summed E-state index contributed by atoms with van der Waals surface area (Å²) in [5, 5.41) is 3.04. The Morgan fingerprint density at radius 1 is 1.35 bits per heavy atom. The molecule has 0 saturated carbocycles. The minimum absolute atomic E-state index is 0.0352. The van der Waals surface area contributed by atoms with Crippen molar-refractivity contribution in [3.8, 4) is 5.75 Å². The van der Waals surface area contributed by atoms with Crippen LogP contribution in [0.3, 0.4) is 0 Å². The van der Waals surface area contributed by atoms with Crippen molar-refractivity contribution in [1.82, 2.24) is 10.2 Å². The number of nitrogens with one attached hydrogen (secondary N) is 1. The number of furan rings is 1. The van der Waals surface area contributed by atoms with E-state index in [9.17, 15) is 4.79 Å². The molecule has 0 radical (unpaired) electrons. The maximum Gasteiger partial charge on any atom is 0.317 e. The lowest BCUT2D eigenvalue weighted by Gasteiger charge is -2.23. The van der Waals surface area contributed by atoms with Crippen LogP contribution in [-0.4, -0.2) is 30.6 Å². The molecule has 0 fully saturated rings. The molecular formula is C18H24N2O3. The average molecular weight is 316 g/mol. The molecule has 0 bridgehead atoms. The highest BCUT2D eigenvalue weighted by atomic mass is 16.5. The van der Waals surface area contributed by atoms with E-state index < -0.39 is 0 Å². The molecule has 2 rings (SSSR count). The zero-order valence-electron chi connectivity index (χ0n) is 13.9. The summed E-state index contributed by atoms with van der Waals surface area (Å²) >= 11 is 0. The second-order valence-electron chi connectivity index (χ2n) is 5.55. The highest BCUT2D eigenvalue weighted by Gasteiger charge is 2.15. The molecule has 1 heterocycles. The van der Waals surface area contributed by atoms with Gasteiger partial charge in [0.05, 0.1) is 26.2 Å². The quantitative estimate of drug-likeness (QED) is 0.851. The molecule has 1 N–H and O–H groups in total. The van der Waals surface area contributed by atoms with Gasteiger partial charge in [-0.2, -0.15) is 0 Å². The molecule has 5 heteroatoms. The fourth-order valence-corrected chi connectivity index (χ4v) is 2.44. The van der Waals surface area contributed by atoms with Crippen molar-refractivity contribution >= 4 is 6.03 Å². The first-order valence-corrected chi connectivity index (χ1v) is 7.81. The zero-order valence-corrected chi connectivity index (χ0v) is 13.9. The third-order valence-electron chi connectivity index (χ3n) is 3.67. The van der Waals surface area contributed by atoms with Crippen LogP contribution in [-0.2, 0) is 13.0 Å². The number of hydrogen-bond donors (Lipinski definition) is 1. The summed E-state index contributed by atoms with van der Waals surface area (Å²) in [4.78, 5) is 14.1. The van der Waals surface area contributed by atoms with E-state index in [1.54, 1.807) is 24.5 Å². The topological polar surface area (TPSA) is 54.7 Å². The highest BCUT2D eigenvalue weighted by Crippen LogP contribution is 2.14. The fraction of sp³-hybridized carbons (Fsp3) is 0.389. The first-order chi connectivity index (χ1) is 11.1. The second-order valence-corrected chi connectivity index (χ2v) is 5.55. The molecule has 2 amide bonds. The molecule has 0 saturated heterocycles. The number of urea groups is 1. The van der Waals surface area contributed by atoms with Crippen molar-refractivity contribution in [2.24, 2.45) is 0 Å². The van der Waals surface area contributed by atoms with Crippen LogP contribution in [0.15, 0.2) is 47.3 Å². The van der Waals surface area contributed by atoms with E-state index in [-0.39, 0.29) is 12.1 Å². The number of carbonyl (C=O) groups excluding carboxylic acids is 1. The number of rotatable bonds is 7. The molecule has 5 nitrogen and oxygen atoms in total. The Labute approximate surface area is 137 Å². The number of hydrogen-bond acceptors (Lipinski definition) is 3. The summed E-state index contributed by atoms with van der Waals surface area (Å²) in [7, 11) is 1.65. The average Bonchev–Trinajstić information content (AvgIpc) is 3.05. The summed E-state index contributed by atoms with van der Waals surface area (Å²) in [6, 6.07) is 9.74. The van der Waals surface area contributed by atoms with Crippen LogP contribution in [0.2, 0.25) is 0 Å². The summed E-state index contributed by atoms with van der Waals surface area (Å²) in [5.41, 5.74) is 2.12. The normalized spacial score (nSPS) is 11.8. The molecule has 0 spiro atoms. The Kier molecular flexibility index (Phi) is 6.09. The smallest absolute Gasteiger partial charge is 0.317 e. The van der Waals surface area contributed by atoms with Crippen LogP contribution in [0.4, 0.5) is 4.79 Å². The molecule has 1 aromatic heterocycles. The van der Waals surface area contributed by atoms with Gasteiger partial charge in [-0.05, 0) is 44.0 Å². The lowest BCUT2D eigenvalue weighted by atomic mass is 10.1. The van der Waals surface area contributed by atoms with Crippen LogP contribution < -0.4 is 10.1 Å². The molecular weight excluding hydrogens is 292 g/mol. The van der Waals surface area contributed by atoms with Gasteiger partial charge in [0.1, 0.15) is 5.75 Å². The molecule has 0 aliphatic heterocycles. The summed E-state index contributed by atoms with van der Waals surface area (Å²) in [6.45, 7) is 5.16. The van der Waals surface area contributed by atoms with Crippen LogP contribution in [0.25, 0.3) is 0 Å². The third-order valence-corrected chi connectivity index (χ3v) is 3.67. The van der Waals surface area contributed by atoms with Crippen molar-refractivity contribution in [3.63, 3.8) is 0 Å². The van der Waals surface area contributed by atoms with E-state index in [0.29, 0.717) is 13.1 Å². The molecule has 1 aromatic carbocycles. The van der Waals surface area contributed by atoms with E-state index in [1.807, 2.05) is 44.2 Å². The van der Waals surface area contributed by atoms with Crippen LogP contribution in [0.1, 0.15) is 25.0 Å². The minimum atomic E-state index is -0.0657. The summed E-state index contributed by atoms with van der Waals surface area (Å²) in [5.74, 6) is 0.830. The van der Waals surface area contributed by atoms with Crippen LogP contribution in [0, 0.1) is 0 Å². The van der Waals surface area contributed by atoms with Gasteiger partial charge in [0, 0.05) is 18.2 Å². The Morgan fingerprint density at radius 3 is 2.83 bits per heavy atom. The number of ether oxygens (including phenoxy) is 1. The van der Waals surface area contributed by atoms with Gasteiger partial charge in [-0.1, -0.05) is 12.1 Å². The maximum atomic E-state index is 12.4. The minimum Gasteiger partial charge on any atom is -0.497 e. The standard InChI is InChI=1S/C18H24N2O3/c1-4-20(12-16-8-9-23-13-16)18(21)19-14(2)10-15-6-5-7-17(11-15)22-3/h5-9,11,13-14H,4,10,12H2,1-3H3,(H,19,21)/t14-/m1/s1. The molecule has 2 aromatic rings. The lowest BCUT2D eigenvalue weighted by molar-refractivity contribution is 0.194. The van der Waals surface area contributed by atoms with Gasteiger partial charge in [-0.25, -0.2) is 4.79 Å². The van der Waals surface area contributed by atoms with Crippen molar-refractivity contribution in [2.75, 3.05) is 13.7 Å². The van der Waals surface area contributed by atoms with Crippen LogP contribution in [0.5, 0.6) is 5.75 Å². The van der Waals surface area contributed by atoms with Crippen molar-refractivity contribution in [1.29, 1.82) is 0 Å². The van der Waals surface area contributed by atoms with Gasteiger partial charge in [0.25, 0.3) is 0 Å². The molecule has 1 atom stereocenters. The Morgan fingerprint density at radius 2 is 2.17 bits per heavy atom. The summed E-state index contributed by atoms with van der Waals surface area (Å²) < 4.78 is 10.3. The lowest BCUT2D eigenvalue weighted by Crippen LogP contribution is -2.44. The first-order valence-electron chi connectivity index (χ1n) is 7.81. The highest BCUT2D eigenvalue weighted by molar-refractivity contribution is 5.74. The summed E-state index contributed by atoms with van der Waals surface area (Å²) in [6.07, 6.45) is 4.04. The largest absolute Gasteiger partial charge is 0.497 e. The number of amides is 2. The third kappa shape index (κ3) is 5.06. The van der Waals surface area contributed by atoms with E-state index in [1.165, 1.54) is 0 Å². The van der Waals surface area contributed by atoms with E-state index in [0.717, 1.165) is 23.3 Å². The maximum absolute atomic E-state index is 12.4. The Balaban J connectivity index is 1.89. The first kappa shape index (κ1) is 16.9. The number of benzene rings is 1. The Hall–Kier alpha value is -2.43. The number of carbonyl (C=O) groups is 1.